The second-order valence-electron chi connectivity index (χ2n) is 6.46. The SMILES string of the molecule is CCC(COC)NC(=O)Nc1cccc(CS(=O)C(C)(C)C)c1. The normalized spacial score (nSPS) is 14.1. The molecule has 23 heavy (non-hydrogen) atoms. The van der Waals surface area contributed by atoms with Crippen molar-refractivity contribution in [1.29, 1.82) is 0 Å². The number of benzene rings is 1. The van der Waals surface area contributed by atoms with E-state index in [1.54, 1.807) is 7.11 Å². The first-order valence-electron chi connectivity index (χ1n) is 7.80. The first-order chi connectivity index (χ1) is 10.8. The molecule has 0 aliphatic rings. The van der Waals surface area contributed by atoms with Gasteiger partial charge in [-0.2, -0.15) is 0 Å². The Morgan fingerprint density at radius 1 is 1.35 bits per heavy atom. The summed E-state index contributed by atoms with van der Waals surface area (Å²) in [5.41, 5.74) is 1.64. The molecule has 130 valence electrons. The monoisotopic (exact) mass is 340 g/mol. The molecule has 0 saturated heterocycles. The van der Waals surface area contributed by atoms with Crippen molar-refractivity contribution >= 4 is 22.5 Å². The molecular formula is C17H28N2O3S. The molecule has 0 aromatic heterocycles. The number of rotatable bonds is 7. The molecule has 1 aromatic rings. The second-order valence-corrected chi connectivity index (χ2v) is 8.67. The number of methoxy groups -OCH3 is 1. The lowest BCUT2D eigenvalue weighted by atomic mass is 10.2. The molecule has 1 rings (SSSR count). The van der Waals surface area contributed by atoms with E-state index in [0.717, 1.165) is 12.0 Å². The molecule has 2 unspecified atom stereocenters. The average Bonchev–Trinajstić information content (AvgIpc) is 2.46. The lowest BCUT2D eigenvalue weighted by molar-refractivity contribution is 0.165. The van der Waals surface area contributed by atoms with Crippen LogP contribution in [0.3, 0.4) is 0 Å². The van der Waals surface area contributed by atoms with Crippen molar-refractivity contribution in [3.63, 3.8) is 0 Å². The summed E-state index contributed by atoms with van der Waals surface area (Å²) >= 11 is 0. The zero-order valence-electron chi connectivity index (χ0n) is 14.6. The molecule has 0 heterocycles. The minimum atomic E-state index is -0.967. The van der Waals surface area contributed by atoms with Crippen LogP contribution in [0.4, 0.5) is 10.5 Å². The molecule has 0 aliphatic heterocycles. The molecule has 2 N–H and O–H groups in total. The molecule has 0 radical (unpaired) electrons. The smallest absolute Gasteiger partial charge is 0.319 e. The Morgan fingerprint density at radius 3 is 2.61 bits per heavy atom. The Morgan fingerprint density at radius 2 is 2.04 bits per heavy atom. The van der Waals surface area contributed by atoms with Crippen LogP contribution in [-0.4, -0.2) is 34.7 Å². The van der Waals surface area contributed by atoms with Gasteiger partial charge in [0.25, 0.3) is 0 Å². The van der Waals surface area contributed by atoms with Crippen LogP contribution >= 0.6 is 0 Å². The van der Waals surface area contributed by atoms with E-state index >= 15 is 0 Å². The molecule has 0 fully saturated rings. The summed E-state index contributed by atoms with van der Waals surface area (Å²) in [6, 6.07) is 7.18. The lowest BCUT2D eigenvalue weighted by Crippen LogP contribution is -2.40. The first-order valence-corrected chi connectivity index (χ1v) is 9.12. The maximum absolute atomic E-state index is 12.2. The Kier molecular flexibility index (Phi) is 7.72. The molecule has 0 bridgehead atoms. The van der Waals surface area contributed by atoms with Gasteiger partial charge in [0.1, 0.15) is 0 Å². The minimum Gasteiger partial charge on any atom is -0.383 e. The molecule has 2 atom stereocenters. The number of urea groups is 1. The van der Waals surface area contributed by atoms with Gasteiger partial charge in [-0.3, -0.25) is 4.21 Å². The van der Waals surface area contributed by atoms with E-state index in [4.69, 9.17) is 4.74 Å². The Hall–Kier alpha value is -1.40. The number of amides is 2. The quantitative estimate of drug-likeness (QED) is 0.800. The van der Waals surface area contributed by atoms with Crippen LogP contribution in [0.2, 0.25) is 0 Å². The summed E-state index contributed by atoms with van der Waals surface area (Å²) in [5, 5.41) is 5.68. The van der Waals surface area contributed by atoms with Gasteiger partial charge in [0.05, 0.1) is 12.6 Å². The fourth-order valence-electron chi connectivity index (χ4n) is 1.92. The molecule has 5 nitrogen and oxygen atoms in total. The van der Waals surface area contributed by atoms with Crippen LogP contribution < -0.4 is 10.6 Å². The van der Waals surface area contributed by atoms with Crippen molar-refractivity contribution in [2.24, 2.45) is 0 Å². The van der Waals surface area contributed by atoms with E-state index in [1.165, 1.54) is 0 Å². The summed E-state index contributed by atoms with van der Waals surface area (Å²) < 4.78 is 17.0. The van der Waals surface area contributed by atoms with Crippen molar-refractivity contribution in [2.75, 3.05) is 19.0 Å². The summed E-state index contributed by atoms with van der Waals surface area (Å²) in [4.78, 5) is 12.0. The van der Waals surface area contributed by atoms with Crippen LogP contribution in [0, 0.1) is 0 Å². The van der Waals surface area contributed by atoms with Crippen LogP contribution in [0.15, 0.2) is 24.3 Å². The molecule has 2 amide bonds. The third kappa shape index (κ3) is 7.14. The maximum atomic E-state index is 12.2. The van der Waals surface area contributed by atoms with E-state index in [2.05, 4.69) is 10.6 Å². The predicted octanol–water partition coefficient (Wildman–Crippen LogP) is 3.28. The van der Waals surface area contributed by atoms with Crippen molar-refractivity contribution in [2.45, 2.75) is 50.7 Å². The van der Waals surface area contributed by atoms with Crippen LogP contribution in [0.5, 0.6) is 0 Å². The number of carbonyl (C=O) groups is 1. The van der Waals surface area contributed by atoms with Gasteiger partial charge in [0, 0.05) is 34.1 Å². The van der Waals surface area contributed by atoms with Gasteiger partial charge in [0.2, 0.25) is 0 Å². The van der Waals surface area contributed by atoms with E-state index < -0.39 is 10.8 Å². The third-order valence-corrected chi connectivity index (χ3v) is 5.32. The van der Waals surface area contributed by atoms with Crippen LogP contribution in [0.25, 0.3) is 0 Å². The first kappa shape index (κ1) is 19.6. The van der Waals surface area contributed by atoms with Gasteiger partial charge in [-0.15, -0.1) is 0 Å². The number of nitrogens with one attached hydrogen (secondary N) is 2. The maximum Gasteiger partial charge on any atom is 0.319 e. The van der Waals surface area contributed by atoms with Gasteiger partial charge in [-0.25, -0.2) is 4.79 Å². The lowest BCUT2D eigenvalue weighted by Gasteiger charge is -2.18. The second kappa shape index (κ2) is 9.03. The highest BCUT2D eigenvalue weighted by atomic mass is 32.2. The standard InChI is InChI=1S/C17H28N2O3S/c1-6-14(11-22-5)18-16(20)19-15-9-7-8-13(10-15)12-23(21)17(2,3)4/h7-10,14H,6,11-12H2,1-5H3,(H2,18,19,20). The highest BCUT2D eigenvalue weighted by molar-refractivity contribution is 7.85. The topological polar surface area (TPSA) is 67.4 Å². The van der Waals surface area contributed by atoms with E-state index in [0.29, 0.717) is 18.0 Å². The number of carbonyl (C=O) groups excluding carboxylic acids is 1. The fourth-order valence-corrected chi connectivity index (χ4v) is 2.84. The largest absolute Gasteiger partial charge is 0.383 e. The summed E-state index contributed by atoms with van der Waals surface area (Å²) in [5.74, 6) is 0.474. The van der Waals surface area contributed by atoms with Gasteiger partial charge in [-0.05, 0) is 44.9 Å². The number of hydrogen-bond donors (Lipinski definition) is 2. The predicted molar refractivity (Wildman–Crippen MR) is 96.2 cm³/mol. The van der Waals surface area contributed by atoms with E-state index in [-0.39, 0.29) is 16.8 Å². The van der Waals surface area contributed by atoms with Gasteiger partial charge >= 0.3 is 6.03 Å². The molecular weight excluding hydrogens is 312 g/mol. The molecule has 0 spiro atoms. The highest BCUT2D eigenvalue weighted by Crippen LogP contribution is 2.18. The molecule has 0 saturated carbocycles. The number of ether oxygens (including phenoxy) is 1. The summed E-state index contributed by atoms with van der Waals surface area (Å²) in [6.07, 6.45) is 0.797. The van der Waals surface area contributed by atoms with Crippen molar-refractivity contribution in [3.8, 4) is 0 Å². The van der Waals surface area contributed by atoms with Crippen molar-refractivity contribution < 1.29 is 13.7 Å². The van der Waals surface area contributed by atoms with Gasteiger partial charge in [0.15, 0.2) is 0 Å². The summed E-state index contributed by atoms with van der Waals surface area (Å²) in [6.45, 7) is 8.35. The molecule has 0 aliphatic carbocycles. The average molecular weight is 340 g/mol. The zero-order valence-corrected chi connectivity index (χ0v) is 15.5. The number of anilines is 1. The van der Waals surface area contributed by atoms with E-state index in [9.17, 15) is 9.00 Å². The summed E-state index contributed by atoms with van der Waals surface area (Å²) in [7, 11) is 0.645. The third-order valence-electron chi connectivity index (χ3n) is 3.36. The molecule has 6 heteroatoms. The highest BCUT2D eigenvalue weighted by Gasteiger charge is 2.19. The zero-order chi connectivity index (χ0) is 17.5. The van der Waals surface area contributed by atoms with Gasteiger partial charge < -0.3 is 15.4 Å². The Balaban J connectivity index is 2.66. The van der Waals surface area contributed by atoms with Crippen LogP contribution in [-0.2, 0) is 21.3 Å². The van der Waals surface area contributed by atoms with Crippen molar-refractivity contribution in [1.82, 2.24) is 5.32 Å². The van der Waals surface area contributed by atoms with Crippen LogP contribution in [0.1, 0.15) is 39.7 Å². The minimum absolute atomic E-state index is 0.0171. The van der Waals surface area contributed by atoms with E-state index in [1.807, 2.05) is 52.0 Å². The molecule has 1 aromatic carbocycles. The Labute approximate surface area is 141 Å². The fraction of sp³-hybridized carbons (Fsp3) is 0.588. The number of hydrogen-bond acceptors (Lipinski definition) is 3. The Bertz CT molecular complexity index is 541. The van der Waals surface area contributed by atoms with Gasteiger partial charge in [-0.1, -0.05) is 19.1 Å². The van der Waals surface area contributed by atoms with Crippen molar-refractivity contribution in [3.05, 3.63) is 29.8 Å².